The second-order valence-corrected chi connectivity index (χ2v) is 9.88. The smallest absolute Gasteiger partial charge is 0.208 e. The van der Waals surface area contributed by atoms with E-state index < -0.39 is 10.0 Å². The average molecular weight is 408 g/mol. The molecule has 1 saturated heterocycles. The number of sulfonamides is 1. The molecule has 0 aliphatic carbocycles. The van der Waals surface area contributed by atoms with Gasteiger partial charge in [0.2, 0.25) is 10.0 Å². The van der Waals surface area contributed by atoms with Crippen molar-refractivity contribution in [3.63, 3.8) is 0 Å². The van der Waals surface area contributed by atoms with E-state index >= 15 is 0 Å². The normalized spacial score (nSPS) is 19.3. The zero-order valence-corrected chi connectivity index (χ0v) is 17.8. The highest BCUT2D eigenvalue weighted by molar-refractivity contribution is 7.88. The number of aromatic amines is 1. The zero-order valence-electron chi connectivity index (χ0n) is 17.0. The van der Waals surface area contributed by atoms with Crippen LogP contribution < -0.4 is 9.46 Å². The van der Waals surface area contributed by atoms with Gasteiger partial charge in [0, 0.05) is 29.7 Å². The average Bonchev–Trinajstić information content (AvgIpc) is 3.26. The number of H-pyrrole nitrogens is 1. The van der Waals surface area contributed by atoms with Gasteiger partial charge in [-0.05, 0) is 82.3 Å². The maximum absolute atomic E-state index is 11.4. The lowest BCUT2D eigenvalue weighted by atomic mass is 9.91. The lowest BCUT2D eigenvalue weighted by Crippen LogP contribution is -2.30. The Morgan fingerprint density at radius 2 is 2.18 bits per heavy atom. The molecule has 0 amide bonds. The number of fused-ring (bicyclic) bond motifs is 1. The topological polar surface area (TPSA) is 74.4 Å². The fourth-order valence-electron chi connectivity index (χ4n) is 4.17. The van der Waals surface area contributed by atoms with Crippen molar-refractivity contribution in [2.75, 3.05) is 33.0 Å². The first kappa shape index (κ1) is 21.1. The molecule has 0 spiro atoms. The van der Waals surface area contributed by atoms with Crippen molar-refractivity contribution >= 4 is 20.9 Å². The number of benzene rings is 1. The fourth-order valence-corrected chi connectivity index (χ4v) is 4.66. The Balaban J connectivity index is 1.46. The number of hydrogen-bond acceptors (Lipinski definition) is 4. The molecule has 2 aromatic rings. The Morgan fingerprint density at radius 1 is 1.32 bits per heavy atom. The van der Waals surface area contributed by atoms with Gasteiger partial charge in [-0.2, -0.15) is 0 Å². The van der Waals surface area contributed by atoms with Crippen LogP contribution in [-0.2, 0) is 10.0 Å². The van der Waals surface area contributed by atoms with Crippen LogP contribution in [0.15, 0.2) is 30.5 Å². The molecule has 2 N–H and O–H groups in total. The van der Waals surface area contributed by atoms with E-state index in [9.17, 15) is 8.42 Å². The molecule has 156 valence electrons. The van der Waals surface area contributed by atoms with E-state index in [-0.39, 0.29) is 0 Å². The summed E-state index contributed by atoms with van der Waals surface area (Å²) in [6.07, 6.45) is 9.72. The van der Waals surface area contributed by atoms with Crippen molar-refractivity contribution in [2.45, 2.75) is 44.6 Å². The standard InChI is InChI=1S/C21H33N3O3S/c1-24-13-3-6-19(24)15-17(9-12-23-28(2,25)26)5-4-14-27-20-7-8-21-18(16-20)10-11-22-21/h7-8,10-11,16-17,19,22-23H,3-6,9,12-15H2,1-2H3. The fraction of sp³-hybridized carbons (Fsp3) is 0.619. The predicted molar refractivity (Wildman–Crippen MR) is 114 cm³/mol. The molecule has 2 unspecified atom stereocenters. The van der Waals surface area contributed by atoms with Crippen LogP contribution in [0.1, 0.15) is 38.5 Å². The Kier molecular flexibility index (Phi) is 7.37. The molecule has 2 heterocycles. The molecule has 3 rings (SSSR count). The summed E-state index contributed by atoms with van der Waals surface area (Å²) >= 11 is 0. The molecule has 7 heteroatoms. The molecule has 0 radical (unpaired) electrons. The molecule has 1 aliphatic heterocycles. The number of hydrogen-bond donors (Lipinski definition) is 2. The van der Waals surface area contributed by atoms with Gasteiger partial charge in [0.15, 0.2) is 0 Å². The summed E-state index contributed by atoms with van der Waals surface area (Å²) in [5.41, 5.74) is 1.12. The molecule has 6 nitrogen and oxygen atoms in total. The summed E-state index contributed by atoms with van der Waals surface area (Å²) in [5, 5.41) is 1.16. The Bertz CT molecular complexity index is 849. The Hall–Kier alpha value is -1.57. The highest BCUT2D eigenvalue weighted by Crippen LogP contribution is 2.26. The van der Waals surface area contributed by atoms with E-state index in [1.807, 2.05) is 24.4 Å². The summed E-state index contributed by atoms with van der Waals surface area (Å²) < 4.78 is 31.3. The lowest BCUT2D eigenvalue weighted by molar-refractivity contribution is 0.233. The number of likely N-dealkylation sites (tertiary alicyclic amines) is 1. The summed E-state index contributed by atoms with van der Waals surface area (Å²) in [6.45, 7) is 2.38. The van der Waals surface area contributed by atoms with Crippen molar-refractivity contribution in [1.82, 2.24) is 14.6 Å². The van der Waals surface area contributed by atoms with E-state index in [0.717, 1.165) is 42.3 Å². The second-order valence-electron chi connectivity index (χ2n) is 8.05. The van der Waals surface area contributed by atoms with Gasteiger partial charge in [-0.3, -0.25) is 0 Å². The van der Waals surface area contributed by atoms with Gasteiger partial charge in [0.25, 0.3) is 0 Å². The molecule has 0 bridgehead atoms. The van der Waals surface area contributed by atoms with Gasteiger partial charge in [0.1, 0.15) is 5.75 Å². The van der Waals surface area contributed by atoms with Crippen molar-refractivity contribution < 1.29 is 13.2 Å². The van der Waals surface area contributed by atoms with Crippen LogP contribution in [0.25, 0.3) is 10.9 Å². The summed E-state index contributed by atoms with van der Waals surface area (Å²) in [7, 11) is -0.922. The van der Waals surface area contributed by atoms with Crippen molar-refractivity contribution in [2.24, 2.45) is 5.92 Å². The Morgan fingerprint density at radius 3 is 2.93 bits per heavy atom. The van der Waals surface area contributed by atoms with Crippen LogP contribution in [0.4, 0.5) is 0 Å². The molecule has 1 aromatic carbocycles. The first-order valence-electron chi connectivity index (χ1n) is 10.3. The molecule has 0 saturated carbocycles. The maximum atomic E-state index is 11.4. The number of aromatic nitrogens is 1. The highest BCUT2D eigenvalue weighted by Gasteiger charge is 2.24. The molecular formula is C21H33N3O3S. The van der Waals surface area contributed by atoms with Gasteiger partial charge in [-0.1, -0.05) is 0 Å². The zero-order chi connectivity index (χ0) is 20.0. The Labute approximate surface area is 168 Å². The van der Waals surface area contributed by atoms with Crippen LogP contribution in [0.2, 0.25) is 0 Å². The van der Waals surface area contributed by atoms with Crippen LogP contribution in [-0.4, -0.2) is 57.3 Å². The van der Waals surface area contributed by atoms with E-state index in [4.69, 9.17) is 4.74 Å². The third-order valence-electron chi connectivity index (χ3n) is 5.74. The van der Waals surface area contributed by atoms with Gasteiger partial charge < -0.3 is 14.6 Å². The molecular weight excluding hydrogens is 374 g/mol. The number of nitrogens with zero attached hydrogens (tertiary/aromatic N) is 1. The van der Waals surface area contributed by atoms with E-state index in [0.29, 0.717) is 25.1 Å². The van der Waals surface area contributed by atoms with Gasteiger partial charge >= 0.3 is 0 Å². The molecule has 1 fully saturated rings. The summed E-state index contributed by atoms with van der Waals surface area (Å²) in [6, 6.07) is 8.78. The van der Waals surface area contributed by atoms with Crippen molar-refractivity contribution in [1.29, 1.82) is 0 Å². The summed E-state index contributed by atoms with van der Waals surface area (Å²) in [4.78, 5) is 5.63. The summed E-state index contributed by atoms with van der Waals surface area (Å²) in [5.74, 6) is 1.41. The van der Waals surface area contributed by atoms with E-state index in [1.165, 1.54) is 25.6 Å². The van der Waals surface area contributed by atoms with Gasteiger partial charge in [-0.25, -0.2) is 13.1 Å². The maximum Gasteiger partial charge on any atom is 0.208 e. The largest absolute Gasteiger partial charge is 0.494 e. The number of ether oxygens (including phenoxy) is 1. The minimum Gasteiger partial charge on any atom is -0.494 e. The van der Waals surface area contributed by atoms with Crippen LogP contribution in [0.5, 0.6) is 5.75 Å². The first-order valence-corrected chi connectivity index (χ1v) is 12.1. The minimum atomic E-state index is -3.12. The first-order chi connectivity index (χ1) is 13.4. The van der Waals surface area contributed by atoms with Crippen molar-refractivity contribution in [3.8, 4) is 5.75 Å². The van der Waals surface area contributed by atoms with Gasteiger partial charge in [0.05, 0.1) is 12.9 Å². The highest BCUT2D eigenvalue weighted by atomic mass is 32.2. The molecule has 1 aliphatic rings. The third kappa shape index (κ3) is 6.50. The van der Waals surface area contributed by atoms with Gasteiger partial charge in [-0.15, -0.1) is 0 Å². The monoisotopic (exact) mass is 407 g/mol. The van der Waals surface area contributed by atoms with E-state index in [2.05, 4.69) is 27.7 Å². The minimum absolute atomic E-state index is 0.510. The van der Waals surface area contributed by atoms with Crippen molar-refractivity contribution in [3.05, 3.63) is 30.5 Å². The van der Waals surface area contributed by atoms with Crippen LogP contribution >= 0.6 is 0 Å². The quantitative estimate of drug-likeness (QED) is 0.560. The predicted octanol–water partition coefficient (Wildman–Crippen LogP) is 3.37. The molecule has 2 atom stereocenters. The van der Waals surface area contributed by atoms with Crippen LogP contribution in [0, 0.1) is 5.92 Å². The lowest BCUT2D eigenvalue weighted by Gasteiger charge is -2.25. The number of rotatable bonds is 11. The second kappa shape index (κ2) is 9.76. The SMILES string of the molecule is CN1CCCC1CC(CCCOc1ccc2[nH]ccc2c1)CCNS(C)(=O)=O. The third-order valence-corrected chi connectivity index (χ3v) is 6.47. The molecule has 28 heavy (non-hydrogen) atoms. The number of nitrogens with one attached hydrogen (secondary N) is 2. The van der Waals surface area contributed by atoms with E-state index in [1.54, 1.807) is 0 Å². The molecule has 1 aromatic heterocycles. The van der Waals surface area contributed by atoms with Crippen LogP contribution in [0.3, 0.4) is 0 Å².